The second kappa shape index (κ2) is 7.30. The summed E-state index contributed by atoms with van der Waals surface area (Å²) in [6.45, 7) is 6.05. The summed E-state index contributed by atoms with van der Waals surface area (Å²) < 4.78 is 5.59. The highest BCUT2D eigenvalue weighted by Crippen LogP contribution is 2.25. The lowest BCUT2D eigenvalue weighted by molar-refractivity contribution is 0.363. The molecule has 2 nitrogen and oxygen atoms in total. The zero-order chi connectivity index (χ0) is 15.2. The van der Waals surface area contributed by atoms with E-state index in [9.17, 15) is 0 Å². The van der Waals surface area contributed by atoms with E-state index in [2.05, 4.69) is 11.6 Å². The van der Waals surface area contributed by atoms with Crippen LogP contribution in [0.3, 0.4) is 0 Å². The van der Waals surface area contributed by atoms with Gasteiger partial charge in [-0.15, -0.1) is 0 Å². The minimum atomic E-state index is 0.429. The molecule has 2 aromatic rings. The number of hydrogen-bond acceptors (Lipinski definition) is 2. The van der Waals surface area contributed by atoms with E-state index in [-0.39, 0.29) is 0 Å². The van der Waals surface area contributed by atoms with E-state index in [1.54, 1.807) is 18.4 Å². The van der Waals surface area contributed by atoms with Gasteiger partial charge < -0.3 is 4.74 Å². The van der Waals surface area contributed by atoms with E-state index < -0.39 is 0 Å². The van der Waals surface area contributed by atoms with Crippen molar-refractivity contribution in [3.05, 3.63) is 70.2 Å². The third kappa shape index (κ3) is 4.35. The lowest BCUT2D eigenvalue weighted by Crippen LogP contribution is -1.96. The van der Waals surface area contributed by atoms with Crippen LogP contribution in [0.2, 0.25) is 10.0 Å². The summed E-state index contributed by atoms with van der Waals surface area (Å²) in [7, 11) is 0. The molecular formula is C17H15Cl2NO. The molecule has 0 fully saturated rings. The van der Waals surface area contributed by atoms with Crippen LogP contribution < -0.4 is 4.74 Å². The van der Waals surface area contributed by atoms with Gasteiger partial charge in [0.2, 0.25) is 0 Å². The number of aryl methyl sites for hydroxylation is 1. The van der Waals surface area contributed by atoms with Gasteiger partial charge in [0, 0.05) is 21.8 Å². The number of rotatable bonds is 5. The van der Waals surface area contributed by atoms with Crippen molar-refractivity contribution in [2.45, 2.75) is 6.92 Å². The normalized spacial score (nSPS) is 10.8. The first-order chi connectivity index (χ1) is 10.1. The molecule has 0 radical (unpaired) electrons. The Bertz CT molecular complexity index is 680. The summed E-state index contributed by atoms with van der Waals surface area (Å²) in [6, 6.07) is 11.0. The summed E-state index contributed by atoms with van der Waals surface area (Å²) in [5.41, 5.74) is 2.67. The van der Waals surface area contributed by atoms with Gasteiger partial charge in [0.15, 0.2) is 0 Å². The summed E-state index contributed by atoms with van der Waals surface area (Å²) in [5.74, 6) is 0.711. The Morgan fingerprint density at radius 1 is 1.14 bits per heavy atom. The fraction of sp³-hybridized carbons (Fsp3) is 0.118. The van der Waals surface area contributed by atoms with Crippen LogP contribution in [0.5, 0.6) is 5.75 Å². The summed E-state index contributed by atoms with van der Waals surface area (Å²) in [5, 5.41) is 1.28. The Kier molecular flexibility index (Phi) is 5.43. The first kappa shape index (κ1) is 15.6. The van der Waals surface area contributed by atoms with Gasteiger partial charge in [-0.25, -0.2) is 0 Å². The molecule has 4 heteroatoms. The molecule has 0 saturated heterocycles. The van der Waals surface area contributed by atoms with Gasteiger partial charge in [-0.2, -0.15) is 0 Å². The highest BCUT2D eigenvalue weighted by molar-refractivity contribution is 6.31. The molecule has 0 spiro atoms. The zero-order valence-electron chi connectivity index (χ0n) is 11.6. The van der Waals surface area contributed by atoms with E-state index >= 15 is 0 Å². The van der Waals surface area contributed by atoms with Crippen LogP contribution in [-0.2, 0) is 0 Å². The van der Waals surface area contributed by atoms with Crippen molar-refractivity contribution in [2.75, 3.05) is 6.61 Å². The first-order valence-corrected chi connectivity index (χ1v) is 7.19. The van der Waals surface area contributed by atoms with Crippen LogP contribution in [0.15, 0.2) is 54.0 Å². The second-order valence-corrected chi connectivity index (χ2v) is 5.34. The average molecular weight is 320 g/mol. The molecule has 0 aliphatic rings. The minimum absolute atomic E-state index is 0.429. The van der Waals surface area contributed by atoms with Gasteiger partial charge in [0.1, 0.15) is 12.4 Å². The molecule has 21 heavy (non-hydrogen) atoms. The molecule has 0 aliphatic carbocycles. The molecule has 0 bridgehead atoms. The fourth-order valence-corrected chi connectivity index (χ4v) is 2.11. The van der Waals surface area contributed by atoms with Gasteiger partial charge in [-0.3, -0.25) is 4.99 Å². The molecule has 0 aliphatic heterocycles. The van der Waals surface area contributed by atoms with Crippen molar-refractivity contribution in [2.24, 2.45) is 4.99 Å². The van der Waals surface area contributed by atoms with Crippen molar-refractivity contribution < 1.29 is 4.74 Å². The molecule has 0 N–H and O–H groups in total. The lowest BCUT2D eigenvalue weighted by Gasteiger charge is -2.07. The molecule has 0 aromatic heterocycles. The molecule has 108 valence electrons. The quantitative estimate of drug-likeness (QED) is 0.518. The third-order valence-corrected chi connectivity index (χ3v) is 3.31. The van der Waals surface area contributed by atoms with E-state index in [0.717, 1.165) is 16.8 Å². The predicted molar refractivity (Wildman–Crippen MR) is 90.6 cm³/mol. The van der Waals surface area contributed by atoms with Crippen molar-refractivity contribution in [3.63, 3.8) is 0 Å². The highest BCUT2D eigenvalue weighted by atomic mass is 35.5. The van der Waals surface area contributed by atoms with E-state index in [1.807, 2.05) is 37.3 Å². The number of hydrogen-bond donors (Lipinski definition) is 0. The number of ether oxygens (including phenoxy) is 1. The van der Waals surface area contributed by atoms with Crippen molar-refractivity contribution >= 4 is 35.1 Å². The zero-order valence-corrected chi connectivity index (χ0v) is 13.2. The number of benzene rings is 2. The van der Waals surface area contributed by atoms with Crippen LogP contribution in [-0.4, -0.2) is 12.8 Å². The number of aliphatic imine (C=N–C) groups is 1. The van der Waals surface area contributed by atoms with E-state index in [4.69, 9.17) is 27.9 Å². The smallest absolute Gasteiger partial charge is 0.128 e. The maximum atomic E-state index is 6.03. The maximum Gasteiger partial charge on any atom is 0.128 e. The van der Waals surface area contributed by atoms with Crippen LogP contribution in [0.4, 0.5) is 5.69 Å². The van der Waals surface area contributed by atoms with Crippen molar-refractivity contribution in [3.8, 4) is 5.75 Å². The standard InChI is InChI=1S/C17H15Cl2NO/c1-3-8-21-17-7-6-14(18)9-13(17)11-20-16-10-15(19)5-4-12(16)2/h3-7,9-11H,1,8H2,2H3. The highest BCUT2D eigenvalue weighted by Gasteiger charge is 2.03. The van der Waals surface area contributed by atoms with Crippen LogP contribution in [0.25, 0.3) is 0 Å². The Hall–Kier alpha value is -1.77. The molecule has 0 heterocycles. The molecule has 2 aromatic carbocycles. The Labute approximate surface area is 134 Å². The summed E-state index contributed by atoms with van der Waals surface area (Å²) in [6.07, 6.45) is 3.42. The topological polar surface area (TPSA) is 21.6 Å². The Balaban J connectivity index is 2.33. The molecule has 2 rings (SSSR count). The van der Waals surface area contributed by atoms with Crippen LogP contribution in [0, 0.1) is 6.92 Å². The van der Waals surface area contributed by atoms with Gasteiger partial charge in [0.05, 0.1) is 5.69 Å². The van der Waals surface area contributed by atoms with Crippen LogP contribution in [0.1, 0.15) is 11.1 Å². The molecular weight excluding hydrogens is 305 g/mol. The number of nitrogens with zero attached hydrogens (tertiary/aromatic N) is 1. The fourth-order valence-electron chi connectivity index (χ4n) is 1.76. The Morgan fingerprint density at radius 3 is 2.62 bits per heavy atom. The second-order valence-electron chi connectivity index (χ2n) is 4.47. The van der Waals surface area contributed by atoms with Gasteiger partial charge in [-0.05, 0) is 42.8 Å². The first-order valence-electron chi connectivity index (χ1n) is 6.43. The lowest BCUT2D eigenvalue weighted by atomic mass is 10.2. The molecule has 0 amide bonds. The van der Waals surface area contributed by atoms with Gasteiger partial charge in [-0.1, -0.05) is 41.9 Å². The predicted octanol–water partition coefficient (Wildman–Crippen LogP) is 5.62. The largest absolute Gasteiger partial charge is 0.489 e. The summed E-state index contributed by atoms with van der Waals surface area (Å²) in [4.78, 5) is 4.47. The molecule has 0 saturated carbocycles. The maximum absolute atomic E-state index is 6.03. The summed E-state index contributed by atoms with van der Waals surface area (Å²) >= 11 is 12.0. The van der Waals surface area contributed by atoms with Crippen molar-refractivity contribution in [1.82, 2.24) is 0 Å². The monoisotopic (exact) mass is 319 g/mol. The van der Waals surface area contributed by atoms with Crippen LogP contribution >= 0.6 is 23.2 Å². The average Bonchev–Trinajstić information content (AvgIpc) is 2.47. The van der Waals surface area contributed by atoms with Crippen molar-refractivity contribution in [1.29, 1.82) is 0 Å². The van der Waals surface area contributed by atoms with E-state index in [1.165, 1.54) is 0 Å². The minimum Gasteiger partial charge on any atom is -0.489 e. The SMILES string of the molecule is C=CCOc1ccc(Cl)cc1C=Nc1cc(Cl)ccc1C. The molecule has 0 unspecified atom stereocenters. The van der Waals surface area contributed by atoms with E-state index in [0.29, 0.717) is 22.4 Å². The third-order valence-electron chi connectivity index (χ3n) is 2.84. The van der Waals surface area contributed by atoms with Gasteiger partial charge >= 0.3 is 0 Å². The Morgan fingerprint density at radius 2 is 1.86 bits per heavy atom. The van der Waals surface area contributed by atoms with Gasteiger partial charge in [0.25, 0.3) is 0 Å². The number of halogens is 2. The molecule has 0 atom stereocenters.